The van der Waals surface area contributed by atoms with E-state index in [2.05, 4.69) is 14.9 Å². The van der Waals surface area contributed by atoms with Crippen LogP contribution in [-0.4, -0.2) is 47.1 Å². The monoisotopic (exact) mass is 241 g/mol. The highest BCUT2D eigenvalue weighted by atomic mass is 16.7. The highest BCUT2D eigenvalue weighted by molar-refractivity contribution is 5.86. The maximum absolute atomic E-state index is 11.2. The van der Waals surface area contributed by atoms with Crippen LogP contribution in [0.15, 0.2) is 6.20 Å². The normalized spacial score (nSPS) is 18.2. The SMILES string of the molecule is COC(=O)c1cnn(CCC2(C)OCCO2)n1. The van der Waals surface area contributed by atoms with Crippen molar-refractivity contribution in [3.63, 3.8) is 0 Å². The van der Waals surface area contributed by atoms with Crippen molar-refractivity contribution in [3.05, 3.63) is 11.9 Å². The summed E-state index contributed by atoms with van der Waals surface area (Å²) < 4.78 is 15.5. The van der Waals surface area contributed by atoms with Crippen molar-refractivity contribution in [1.82, 2.24) is 15.0 Å². The molecule has 2 heterocycles. The Morgan fingerprint density at radius 1 is 1.59 bits per heavy atom. The molecule has 7 heteroatoms. The maximum atomic E-state index is 11.2. The van der Waals surface area contributed by atoms with E-state index in [9.17, 15) is 4.79 Å². The Bertz CT molecular complexity index is 398. The first-order valence-corrected chi connectivity index (χ1v) is 5.39. The number of aromatic nitrogens is 3. The minimum Gasteiger partial charge on any atom is -0.464 e. The molecule has 0 saturated carbocycles. The van der Waals surface area contributed by atoms with Crippen LogP contribution in [0.2, 0.25) is 0 Å². The van der Waals surface area contributed by atoms with E-state index in [1.165, 1.54) is 18.1 Å². The molecule has 0 radical (unpaired) electrons. The summed E-state index contributed by atoms with van der Waals surface area (Å²) in [4.78, 5) is 12.6. The molecule has 1 aromatic rings. The number of carbonyl (C=O) groups excluding carboxylic acids is 1. The molecule has 0 atom stereocenters. The molecule has 1 fully saturated rings. The van der Waals surface area contributed by atoms with Gasteiger partial charge in [-0.25, -0.2) is 4.79 Å². The van der Waals surface area contributed by atoms with Crippen LogP contribution in [0.1, 0.15) is 23.8 Å². The lowest BCUT2D eigenvalue weighted by atomic mass is 10.2. The van der Waals surface area contributed by atoms with E-state index < -0.39 is 11.8 Å². The smallest absolute Gasteiger partial charge is 0.360 e. The van der Waals surface area contributed by atoms with Crippen molar-refractivity contribution in [1.29, 1.82) is 0 Å². The zero-order valence-electron chi connectivity index (χ0n) is 9.88. The molecule has 94 valence electrons. The number of carbonyl (C=O) groups is 1. The topological polar surface area (TPSA) is 75.5 Å². The summed E-state index contributed by atoms with van der Waals surface area (Å²) in [6, 6.07) is 0. The summed E-state index contributed by atoms with van der Waals surface area (Å²) in [5.74, 6) is -1.06. The minimum atomic E-state index is -0.570. The number of nitrogens with zero attached hydrogens (tertiary/aromatic N) is 3. The number of aryl methyl sites for hydroxylation is 1. The predicted octanol–water partition coefficient (Wildman–Crippen LogP) is 0.218. The van der Waals surface area contributed by atoms with Crippen LogP contribution < -0.4 is 0 Å². The van der Waals surface area contributed by atoms with E-state index in [-0.39, 0.29) is 5.69 Å². The average molecular weight is 241 g/mol. The van der Waals surface area contributed by atoms with Gasteiger partial charge in [0, 0.05) is 6.42 Å². The van der Waals surface area contributed by atoms with Crippen molar-refractivity contribution in [2.45, 2.75) is 25.7 Å². The Labute approximate surface area is 98.6 Å². The Morgan fingerprint density at radius 3 is 2.94 bits per heavy atom. The molecule has 1 saturated heterocycles. The number of esters is 1. The van der Waals surface area contributed by atoms with Crippen LogP contribution in [0.5, 0.6) is 0 Å². The van der Waals surface area contributed by atoms with Crippen LogP contribution in [0.25, 0.3) is 0 Å². The Hall–Kier alpha value is -1.47. The van der Waals surface area contributed by atoms with Crippen LogP contribution in [0.4, 0.5) is 0 Å². The standard InChI is InChI=1S/C10H15N3O4/c1-10(16-5-6-17-10)3-4-13-11-7-8(12-13)9(14)15-2/h7H,3-6H2,1-2H3. The highest BCUT2D eigenvalue weighted by Crippen LogP contribution is 2.22. The molecule has 1 aromatic heterocycles. The van der Waals surface area contributed by atoms with Gasteiger partial charge < -0.3 is 14.2 Å². The Balaban J connectivity index is 1.91. The van der Waals surface area contributed by atoms with E-state index in [0.717, 1.165) is 0 Å². The van der Waals surface area contributed by atoms with Crippen molar-refractivity contribution >= 4 is 5.97 Å². The highest BCUT2D eigenvalue weighted by Gasteiger charge is 2.30. The molecular formula is C10H15N3O4. The lowest BCUT2D eigenvalue weighted by Gasteiger charge is -2.21. The predicted molar refractivity (Wildman–Crippen MR) is 56.3 cm³/mol. The molecule has 17 heavy (non-hydrogen) atoms. The van der Waals surface area contributed by atoms with Crippen molar-refractivity contribution in [3.8, 4) is 0 Å². The zero-order valence-corrected chi connectivity index (χ0v) is 9.88. The lowest BCUT2D eigenvalue weighted by molar-refractivity contribution is -0.149. The molecule has 0 spiro atoms. The number of rotatable bonds is 4. The van der Waals surface area contributed by atoms with E-state index in [0.29, 0.717) is 26.2 Å². The number of ether oxygens (including phenoxy) is 3. The second kappa shape index (κ2) is 4.80. The van der Waals surface area contributed by atoms with Gasteiger partial charge in [0.1, 0.15) is 0 Å². The van der Waals surface area contributed by atoms with Crippen molar-refractivity contribution in [2.75, 3.05) is 20.3 Å². The molecule has 0 aromatic carbocycles. The summed E-state index contributed by atoms with van der Waals surface area (Å²) >= 11 is 0. The molecule has 0 amide bonds. The van der Waals surface area contributed by atoms with Gasteiger partial charge in [-0.05, 0) is 6.92 Å². The number of hydrogen-bond acceptors (Lipinski definition) is 6. The summed E-state index contributed by atoms with van der Waals surface area (Å²) in [5, 5.41) is 7.96. The van der Waals surface area contributed by atoms with Crippen molar-refractivity contribution in [2.24, 2.45) is 0 Å². The van der Waals surface area contributed by atoms with Gasteiger partial charge in [-0.15, -0.1) is 5.10 Å². The Kier molecular flexibility index (Phi) is 3.39. The largest absolute Gasteiger partial charge is 0.464 e. The molecule has 0 N–H and O–H groups in total. The second-order valence-corrected chi connectivity index (χ2v) is 3.90. The molecular weight excluding hydrogens is 226 g/mol. The molecule has 2 rings (SSSR count). The third-order valence-corrected chi connectivity index (χ3v) is 2.60. The second-order valence-electron chi connectivity index (χ2n) is 3.90. The third-order valence-electron chi connectivity index (χ3n) is 2.60. The molecule has 1 aliphatic rings. The summed E-state index contributed by atoms with van der Waals surface area (Å²) in [5.41, 5.74) is 0.200. The van der Waals surface area contributed by atoms with E-state index in [1.54, 1.807) is 0 Å². The molecule has 1 aliphatic heterocycles. The van der Waals surface area contributed by atoms with E-state index in [1.807, 2.05) is 6.92 Å². The first kappa shape index (κ1) is 12.0. The summed E-state index contributed by atoms with van der Waals surface area (Å²) in [7, 11) is 1.31. The maximum Gasteiger partial charge on any atom is 0.360 e. The number of methoxy groups -OCH3 is 1. The van der Waals surface area contributed by atoms with Crippen LogP contribution in [0.3, 0.4) is 0 Å². The van der Waals surface area contributed by atoms with Gasteiger partial charge in [0.15, 0.2) is 11.5 Å². The zero-order chi connectivity index (χ0) is 12.3. The fraction of sp³-hybridized carbons (Fsp3) is 0.700. The lowest BCUT2D eigenvalue weighted by Crippen LogP contribution is -2.27. The quantitative estimate of drug-likeness (QED) is 0.702. The summed E-state index contributed by atoms with van der Waals surface area (Å²) in [6.45, 7) is 3.62. The van der Waals surface area contributed by atoms with Crippen LogP contribution in [-0.2, 0) is 20.8 Å². The van der Waals surface area contributed by atoms with Gasteiger partial charge in [-0.2, -0.15) is 9.90 Å². The fourth-order valence-electron chi connectivity index (χ4n) is 1.61. The number of hydrogen-bond donors (Lipinski definition) is 0. The van der Waals surface area contributed by atoms with Gasteiger partial charge in [-0.1, -0.05) is 0 Å². The first-order chi connectivity index (χ1) is 8.13. The van der Waals surface area contributed by atoms with Gasteiger partial charge in [0.05, 0.1) is 33.1 Å². The van der Waals surface area contributed by atoms with E-state index in [4.69, 9.17) is 9.47 Å². The summed E-state index contributed by atoms with van der Waals surface area (Å²) in [6.07, 6.45) is 2.01. The third kappa shape index (κ3) is 2.80. The van der Waals surface area contributed by atoms with Gasteiger partial charge >= 0.3 is 5.97 Å². The molecule has 0 aliphatic carbocycles. The first-order valence-electron chi connectivity index (χ1n) is 5.39. The van der Waals surface area contributed by atoms with Crippen LogP contribution in [0, 0.1) is 0 Å². The van der Waals surface area contributed by atoms with Crippen molar-refractivity contribution < 1.29 is 19.0 Å². The molecule has 0 unspecified atom stereocenters. The Morgan fingerprint density at radius 2 is 2.29 bits per heavy atom. The van der Waals surface area contributed by atoms with Gasteiger partial charge in [0.25, 0.3) is 0 Å². The molecule has 7 nitrogen and oxygen atoms in total. The fourth-order valence-corrected chi connectivity index (χ4v) is 1.61. The molecule has 0 bridgehead atoms. The minimum absolute atomic E-state index is 0.200. The van der Waals surface area contributed by atoms with E-state index >= 15 is 0 Å². The van der Waals surface area contributed by atoms with Crippen LogP contribution >= 0.6 is 0 Å². The van der Waals surface area contributed by atoms with Gasteiger partial charge in [0.2, 0.25) is 0 Å². The average Bonchev–Trinajstić information content (AvgIpc) is 2.95. The van der Waals surface area contributed by atoms with Gasteiger partial charge in [-0.3, -0.25) is 0 Å².